The molecule has 430 valence electrons. The Balaban J connectivity index is 4.39. The van der Waals surface area contributed by atoms with Crippen molar-refractivity contribution in [3.8, 4) is 0 Å². The quantitative estimate of drug-likeness (QED) is 0.0261. The Labute approximate surface area is 472 Å². The van der Waals surface area contributed by atoms with Gasteiger partial charge < -0.3 is 14.2 Å². The summed E-state index contributed by atoms with van der Waals surface area (Å²) in [6, 6.07) is 0. The summed E-state index contributed by atoms with van der Waals surface area (Å²) in [4.78, 5) is 38.1. The van der Waals surface area contributed by atoms with E-state index < -0.39 is 6.10 Å². The molecule has 1 atom stereocenters. The molecule has 0 aromatic carbocycles. The Hall–Kier alpha value is -5.23. The largest absolute Gasteiger partial charge is 0.462 e. The molecule has 0 aliphatic carbocycles. The average molecular weight is 1060 g/mol. The highest BCUT2D eigenvalue weighted by Crippen LogP contribution is 2.13. The van der Waals surface area contributed by atoms with Crippen molar-refractivity contribution in [2.45, 2.75) is 245 Å². The van der Waals surface area contributed by atoms with Gasteiger partial charge in [0.1, 0.15) is 13.2 Å². The van der Waals surface area contributed by atoms with Gasteiger partial charge in [0.25, 0.3) is 0 Å². The summed E-state index contributed by atoms with van der Waals surface area (Å²) in [5.74, 6) is -1.01. The molecule has 6 nitrogen and oxygen atoms in total. The van der Waals surface area contributed by atoms with Crippen LogP contribution in [0, 0.1) is 0 Å². The summed E-state index contributed by atoms with van der Waals surface area (Å²) in [7, 11) is 0. The number of carbonyl (C=O) groups excluding carboxylic acids is 3. The molecule has 0 aliphatic heterocycles. The number of carbonyl (C=O) groups is 3. The topological polar surface area (TPSA) is 78.9 Å². The van der Waals surface area contributed by atoms with Crippen molar-refractivity contribution in [1.29, 1.82) is 0 Å². The summed E-state index contributed by atoms with van der Waals surface area (Å²) in [6.07, 6.45) is 93.6. The van der Waals surface area contributed by atoms with Crippen molar-refractivity contribution < 1.29 is 28.6 Å². The monoisotopic (exact) mass is 1060 g/mol. The Bertz CT molecular complexity index is 1790. The lowest BCUT2D eigenvalue weighted by Gasteiger charge is -2.18. The molecule has 0 bridgehead atoms. The first-order chi connectivity index (χ1) is 38.0. The summed E-state index contributed by atoms with van der Waals surface area (Å²) in [5.41, 5.74) is 0. The van der Waals surface area contributed by atoms with E-state index in [-0.39, 0.29) is 37.5 Å². The highest BCUT2D eigenvalue weighted by atomic mass is 16.6. The minimum Gasteiger partial charge on any atom is -0.462 e. The van der Waals surface area contributed by atoms with Crippen molar-refractivity contribution in [3.63, 3.8) is 0 Å². The molecule has 1 unspecified atom stereocenters. The second-order valence-electron chi connectivity index (χ2n) is 19.5. The Kier molecular flexibility index (Phi) is 59.0. The van der Waals surface area contributed by atoms with Gasteiger partial charge >= 0.3 is 17.9 Å². The molecule has 0 aromatic heterocycles. The summed E-state index contributed by atoms with van der Waals surface area (Å²) >= 11 is 0. The molecule has 0 rings (SSSR count). The van der Waals surface area contributed by atoms with Crippen LogP contribution in [0.5, 0.6) is 0 Å². The summed E-state index contributed by atoms with van der Waals surface area (Å²) in [5, 5.41) is 0. The molecule has 0 heterocycles. The molecular formula is C71H110O6. The van der Waals surface area contributed by atoms with Gasteiger partial charge in [-0.3, -0.25) is 14.4 Å². The molecular weight excluding hydrogens is 949 g/mol. The van der Waals surface area contributed by atoms with Crippen LogP contribution in [-0.4, -0.2) is 37.2 Å². The number of hydrogen-bond donors (Lipinski definition) is 0. The number of ether oxygens (including phenoxy) is 3. The lowest BCUT2D eigenvalue weighted by atomic mass is 10.1. The Morgan fingerprint density at radius 2 is 0.519 bits per heavy atom. The van der Waals surface area contributed by atoms with Crippen LogP contribution in [-0.2, 0) is 28.6 Å². The molecule has 0 saturated carbocycles. The van der Waals surface area contributed by atoms with Crippen molar-refractivity contribution in [2.75, 3.05) is 13.2 Å². The number of unbranched alkanes of at least 4 members (excludes halogenated alkanes) is 14. The van der Waals surface area contributed by atoms with Crippen LogP contribution in [0.4, 0.5) is 0 Å². The van der Waals surface area contributed by atoms with Crippen LogP contribution in [0.2, 0.25) is 0 Å². The van der Waals surface area contributed by atoms with E-state index >= 15 is 0 Å². The Morgan fingerprint density at radius 3 is 0.844 bits per heavy atom. The first-order valence-electron chi connectivity index (χ1n) is 30.6. The molecule has 0 aromatic rings. The van der Waals surface area contributed by atoms with E-state index in [1.165, 1.54) is 38.5 Å². The molecule has 0 N–H and O–H groups in total. The fourth-order valence-electron chi connectivity index (χ4n) is 7.65. The van der Waals surface area contributed by atoms with Gasteiger partial charge in [0.05, 0.1) is 0 Å². The molecule has 0 fully saturated rings. The standard InChI is InChI=1S/C71H110O6/c1-4-7-10-13-16-19-22-24-26-28-29-30-31-32-33-34-35-36-37-38-39-40-41-43-44-46-49-52-55-58-61-64-70(73)76-67-68(66-75-69(72)63-60-57-54-51-48-21-18-15-12-9-6-3)77-71(74)65-62-59-56-53-50-47-45-42-27-25-23-20-17-14-11-8-5-2/h7-8,10-11,15-20,24-27,29-30,32-33,35-36,38-39,41,43,45,47,53,56,68H,4-6,9,12-14,21-23,28,31,34,37,40,42,44,46,48-52,54-55,57-67H2,1-3H3/b10-7-,11-8-,18-15-,19-16-,20-17-,26-24-,27-25-,30-29-,33-32-,36-35-,39-38-,43-41-,47-45-,56-53-. The maximum absolute atomic E-state index is 12.8. The SMILES string of the molecule is CC/C=C\C/C=C\C/C=C\C/C=C\C/C=C\C/C=C\C/C=C\C/C=C\CCCCCCCCC(=O)OCC(COC(=O)CCCCCCC/C=C\CCCC)OC(=O)CCC/C=C\C/C=C\C/C=C\C/C=C\C/C=C\CC. The fourth-order valence-corrected chi connectivity index (χ4v) is 7.65. The fraction of sp³-hybridized carbons (Fsp3) is 0.563. The van der Waals surface area contributed by atoms with E-state index in [1.54, 1.807) is 0 Å². The van der Waals surface area contributed by atoms with E-state index in [1.807, 2.05) is 0 Å². The normalized spacial score (nSPS) is 13.3. The van der Waals surface area contributed by atoms with E-state index in [0.717, 1.165) is 154 Å². The number of rotatable bonds is 53. The van der Waals surface area contributed by atoms with Gasteiger partial charge in [-0.25, -0.2) is 0 Å². The lowest BCUT2D eigenvalue weighted by Crippen LogP contribution is -2.30. The molecule has 0 radical (unpaired) electrons. The maximum atomic E-state index is 12.8. The molecule has 0 amide bonds. The van der Waals surface area contributed by atoms with Crippen LogP contribution >= 0.6 is 0 Å². The van der Waals surface area contributed by atoms with Crippen LogP contribution in [0.1, 0.15) is 239 Å². The second kappa shape index (κ2) is 63.3. The zero-order chi connectivity index (χ0) is 55.7. The van der Waals surface area contributed by atoms with E-state index in [2.05, 4.69) is 191 Å². The predicted molar refractivity (Wildman–Crippen MR) is 334 cm³/mol. The van der Waals surface area contributed by atoms with Gasteiger partial charge in [-0.1, -0.05) is 249 Å². The smallest absolute Gasteiger partial charge is 0.306 e. The Morgan fingerprint density at radius 1 is 0.273 bits per heavy atom. The zero-order valence-electron chi connectivity index (χ0n) is 49.1. The number of allylic oxidation sites excluding steroid dienone is 28. The molecule has 77 heavy (non-hydrogen) atoms. The summed E-state index contributed by atoms with van der Waals surface area (Å²) in [6.45, 7) is 6.29. The highest BCUT2D eigenvalue weighted by Gasteiger charge is 2.19. The van der Waals surface area contributed by atoms with Gasteiger partial charge in [-0.15, -0.1) is 0 Å². The van der Waals surface area contributed by atoms with Gasteiger partial charge in [-0.05, 0) is 141 Å². The zero-order valence-corrected chi connectivity index (χ0v) is 49.1. The van der Waals surface area contributed by atoms with Crippen molar-refractivity contribution >= 4 is 17.9 Å². The van der Waals surface area contributed by atoms with Crippen LogP contribution in [0.3, 0.4) is 0 Å². The first-order valence-corrected chi connectivity index (χ1v) is 30.6. The molecule has 0 spiro atoms. The number of hydrogen-bond acceptors (Lipinski definition) is 6. The third kappa shape index (κ3) is 61.5. The van der Waals surface area contributed by atoms with E-state index in [4.69, 9.17) is 14.2 Å². The molecule has 0 saturated heterocycles. The minimum absolute atomic E-state index is 0.117. The minimum atomic E-state index is -0.826. The van der Waals surface area contributed by atoms with Gasteiger partial charge in [0.2, 0.25) is 0 Å². The van der Waals surface area contributed by atoms with Crippen molar-refractivity contribution in [2.24, 2.45) is 0 Å². The third-order valence-corrected chi connectivity index (χ3v) is 12.2. The van der Waals surface area contributed by atoms with Gasteiger partial charge in [-0.2, -0.15) is 0 Å². The van der Waals surface area contributed by atoms with Crippen molar-refractivity contribution in [3.05, 3.63) is 170 Å². The molecule has 0 aliphatic rings. The summed E-state index contributed by atoms with van der Waals surface area (Å²) < 4.78 is 16.8. The van der Waals surface area contributed by atoms with Crippen molar-refractivity contribution in [1.82, 2.24) is 0 Å². The molecule has 6 heteroatoms. The second-order valence-corrected chi connectivity index (χ2v) is 19.5. The first kappa shape index (κ1) is 71.8. The highest BCUT2D eigenvalue weighted by molar-refractivity contribution is 5.71. The van der Waals surface area contributed by atoms with E-state index in [0.29, 0.717) is 19.3 Å². The van der Waals surface area contributed by atoms with Crippen LogP contribution in [0.15, 0.2) is 170 Å². The maximum Gasteiger partial charge on any atom is 0.306 e. The van der Waals surface area contributed by atoms with Crippen LogP contribution in [0.25, 0.3) is 0 Å². The van der Waals surface area contributed by atoms with Gasteiger partial charge in [0, 0.05) is 19.3 Å². The lowest BCUT2D eigenvalue weighted by molar-refractivity contribution is -0.167. The average Bonchev–Trinajstić information content (AvgIpc) is 3.43. The van der Waals surface area contributed by atoms with Crippen LogP contribution < -0.4 is 0 Å². The van der Waals surface area contributed by atoms with Gasteiger partial charge in [0.15, 0.2) is 6.10 Å². The third-order valence-electron chi connectivity index (χ3n) is 12.2. The number of esters is 3. The predicted octanol–water partition coefficient (Wildman–Crippen LogP) is 21.1. The van der Waals surface area contributed by atoms with E-state index in [9.17, 15) is 14.4 Å².